The zero-order chi connectivity index (χ0) is 23.9. The molecule has 0 radical (unpaired) electrons. The molecule has 1 amide bonds. The van der Waals surface area contributed by atoms with Crippen LogP contribution >= 0.6 is 0 Å². The minimum absolute atomic E-state index is 0.115. The van der Waals surface area contributed by atoms with Gasteiger partial charge < -0.3 is 9.88 Å². The Kier molecular flexibility index (Phi) is 5.29. The molecule has 2 N–H and O–H groups in total. The van der Waals surface area contributed by atoms with E-state index in [1.54, 1.807) is 23.1 Å². The van der Waals surface area contributed by atoms with E-state index in [4.69, 9.17) is 0 Å². The molecule has 172 valence electrons. The second kappa shape index (κ2) is 8.31. The lowest BCUT2D eigenvalue weighted by Crippen LogP contribution is -2.36. The molecule has 0 unspecified atom stereocenters. The lowest BCUT2D eigenvalue weighted by atomic mass is 10.0. The number of fused-ring (bicyclic) bond motifs is 3. The van der Waals surface area contributed by atoms with Gasteiger partial charge in [-0.15, -0.1) is 0 Å². The number of hydrogen-bond acceptors (Lipinski definition) is 5. The molecule has 4 aromatic rings. The second-order valence-corrected chi connectivity index (χ2v) is 9.69. The fourth-order valence-corrected chi connectivity index (χ4v) is 5.36. The van der Waals surface area contributed by atoms with Gasteiger partial charge in [-0.3, -0.25) is 19.6 Å². The van der Waals surface area contributed by atoms with Gasteiger partial charge in [-0.2, -0.15) is 0 Å². The highest BCUT2D eigenvalue weighted by Gasteiger charge is 2.27. The molecule has 3 aromatic carbocycles. The van der Waals surface area contributed by atoms with Gasteiger partial charge in [0.2, 0.25) is 0 Å². The molecular weight excluding hydrogens is 456 g/mol. The number of benzene rings is 3. The number of nitrogens with zero attached hydrogens (tertiary/aromatic N) is 2. The van der Waals surface area contributed by atoms with E-state index in [1.165, 1.54) is 24.3 Å². The Morgan fingerprint density at radius 2 is 1.79 bits per heavy atom. The summed E-state index contributed by atoms with van der Waals surface area (Å²) in [5, 5.41) is 12.1. The summed E-state index contributed by atoms with van der Waals surface area (Å²) >= 11 is 0. The normalized spacial score (nSPS) is 13.5. The number of nitro benzene ring substituents is 1. The van der Waals surface area contributed by atoms with Gasteiger partial charge in [-0.25, -0.2) is 8.42 Å². The first-order valence-corrected chi connectivity index (χ1v) is 12.1. The number of hydrogen-bond donors (Lipinski definition) is 2. The third-order valence-corrected chi connectivity index (χ3v) is 7.27. The van der Waals surface area contributed by atoms with Gasteiger partial charge in [0.1, 0.15) is 0 Å². The topological polar surface area (TPSA) is 125 Å². The lowest BCUT2D eigenvalue weighted by molar-refractivity contribution is -0.385. The van der Waals surface area contributed by atoms with Crippen LogP contribution in [-0.2, 0) is 23.0 Å². The predicted molar refractivity (Wildman–Crippen MR) is 127 cm³/mol. The minimum Gasteiger partial charge on any atom is -0.358 e. The van der Waals surface area contributed by atoms with Crippen molar-refractivity contribution < 1.29 is 18.1 Å². The molecule has 5 rings (SSSR count). The molecule has 1 aromatic heterocycles. The number of rotatable bonds is 5. The number of H-pyrrole nitrogens is 1. The van der Waals surface area contributed by atoms with E-state index in [9.17, 15) is 23.3 Å². The number of aromatic amines is 1. The molecule has 0 bridgehead atoms. The van der Waals surface area contributed by atoms with Crippen molar-refractivity contribution in [3.63, 3.8) is 0 Å². The largest absolute Gasteiger partial charge is 0.358 e. The van der Waals surface area contributed by atoms with E-state index >= 15 is 0 Å². The maximum absolute atomic E-state index is 13.4. The van der Waals surface area contributed by atoms with E-state index in [0.717, 1.165) is 28.2 Å². The van der Waals surface area contributed by atoms with Crippen molar-refractivity contribution in [2.75, 3.05) is 11.3 Å². The van der Waals surface area contributed by atoms with Crippen molar-refractivity contribution in [3.05, 3.63) is 99.7 Å². The molecule has 0 fully saturated rings. The number of non-ortho nitro benzene ring substituents is 1. The quantitative estimate of drug-likeness (QED) is 0.332. The van der Waals surface area contributed by atoms with Crippen LogP contribution in [0.25, 0.3) is 10.9 Å². The van der Waals surface area contributed by atoms with Gasteiger partial charge in [-0.1, -0.05) is 36.4 Å². The number of anilines is 1. The molecule has 0 saturated heterocycles. The van der Waals surface area contributed by atoms with Crippen molar-refractivity contribution >= 4 is 38.2 Å². The van der Waals surface area contributed by atoms with Crippen molar-refractivity contribution in [2.24, 2.45) is 0 Å². The SMILES string of the molecule is O=C(c1ccccc1NS(=O)(=O)c1cccc([N+](=O)[O-])c1)N1CCc2[nH]c3ccccc3c2C1. The Labute approximate surface area is 195 Å². The van der Waals surface area contributed by atoms with E-state index in [0.29, 0.717) is 19.5 Å². The van der Waals surface area contributed by atoms with Gasteiger partial charge in [0.05, 0.1) is 21.1 Å². The summed E-state index contributed by atoms with van der Waals surface area (Å²) in [6.07, 6.45) is 0.664. The Morgan fingerprint density at radius 1 is 1.03 bits per heavy atom. The average molecular weight is 477 g/mol. The highest BCUT2D eigenvalue weighted by atomic mass is 32.2. The van der Waals surface area contributed by atoms with Crippen LogP contribution in [0.15, 0.2) is 77.7 Å². The maximum Gasteiger partial charge on any atom is 0.270 e. The summed E-state index contributed by atoms with van der Waals surface area (Å²) in [4.78, 5) is 28.7. The Hall–Kier alpha value is -4.18. The first-order valence-electron chi connectivity index (χ1n) is 10.6. The van der Waals surface area contributed by atoms with Gasteiger partial charge in [0.15, 0.2) is 0 Å². The summed E-state index contributed by atoms with van der Waals surface area (Å²) in [5.41, 5.74) is 3.17. The molecule has 1 aliphatic rings. The van der Waals surface area contributed by atoms with E-state index in [2.05, 4.69) is 9.71 Å². The number of carbonyl (C=O) groups excluding carboxylic acids is 1. The number of sulfonamides is 1. The highest BCUT2D eigenvalue weighted by molar-refractivity contribution is 7.92. The summed E-state index contributed by atoms with van der Waals surface area (Å²) in [7, 11) is -4.15. The van der Waals surface area contributed by atoms with E-state index in [1.807, 2.05) is 24.3 Å². The van der Waals surface area contributed by atoms with Crippen LogP contribution in [0, 0.1) is 10.1 Å². The summed E-state index contributed by atoms with van der Waals surface area (Å²) < 4.78 is 28.3. The maximum atomic E-state index is 13.4. The zero-order valence-corrected chi connectivity index (χ0v) is 18.7. The van der Waals surface area contributed by atoms with Crippen LogP contribution < -0.4 is 4.72 Å². The zero-order valence-electron chi connectivity index (χ0n) is 17.9. The van der Waals surface area contributed by atoms with Crippen LogP contribution in [0.3, 0.4) is 0 Å². The van der Waals surface area contributed by atoms with Crippen LogP contribution in [0.2, 0.25) is 0 Å². The number of nitrogens with one attached hydrogen (secondary N) is 2. The highest BCUT2D eigenvalue weighted by Crippen LogP contribution is 2.30. The van der Waals surface area contributed by atoms with Gasteiger partial charge >= 0.3 is 0 Å². The van der Waals surface area contributed by atoms with E-state index < -0.39 is 14.9 Å². The summed E-state index contributed by atoms with van der Waals surface area (Å²) in [5.74, 6) is -0.298. The van der Waals surface area contributed by atoms with Crippen molar-refractivity contribution in [1.29, 1.82) is 0 Å². The number of aromatic nitrogens is 1. The molecule has 0 atom stereocenters. The third-order valence-electron chi connectivity index (χ3n) is 5.91. The number of para-hydroxylation sites is 2. The van der Waals surface area contributed by atoms with Gasteiger partial charge in [0.25, 0.3) is 21.6 Å². The van der Waals surface area contributed by atoms with Gasteiger partial charge in [-0.05, 0) is 24.3 Å². The fourth-order valence-electron chi connectivity index (χ4n) is 4.24. The lowest BCUT2D eigenvalue weighted by Gasteiger charge is -2.28. The molecular formula is C24H20N4O5S. The number of amides is 1. The third kappa shape index (κ3) is 3.88. The van der Waals surface area contributed by atoms with Crippen molar-refractivity contribution in [1.82, 2.24) is 9.88 Å². The van der Waals surface area contributed by atoms with Crippen LogP contribution in [0.4, 0.5) is 11.4 Å². The Bertz CT molecular complexity index is 1540. The van der Waals surface area contributed by atoms with Crippen LogP contribution in [0.5, 0.6) is 0 Å². The van der Waals surface area contributed by atoms with Crippen molar-refractivity contribution in [2.45, 2.75) is 17.9 Å². The molecule has 9 nitrogen and oxygen atoms in total. The first kappa shape index (κ1) is 21.7. The first-order chi connectivity index (χ1) is 16.3. The molecule has 0 spiro atoms. The molecule has 10 heteroatoms. The van der Waals surface area contributed by atoms with Gasteiger partial charge in [0, 0.05) is 53.8 Å². The molecule has 2 heterocycles. The number of carbonyl (C=O) groups is 1. The predicted octanol–water partition coefficient (Wildman–Crippen LogP) is 4.08. The van der Waals surface area contributed by atoms with Crippen LogP contribution in [-0.4, -0.2) is 35.7 Å². The smallest absolute Gasteiger partial charge is 0.270 e. The van der Waals surface area contributed by atoms with Crippen molar-refractivity contribution in [3.8, 4) is 0 Å². The molecule has 34 heavy (non-hydrogen) atoms. The monoisotopic (exact) mass is 476 g/mol. The molecule has 1 aliphatic heterocycles. The number of nitro groups is 1. The van der Waals surface area contributed by atoms with Crippen LogP contribution in [0.1, 0.15) is 21.6 Å². The molecule has 0 aliphatic carbocycles. The summed E-state index contributed by atoms with van der Waals surface area (Å²) in [6, 6.07) is 19.0. The van der Waals surface area contributed by atoms with E-state index in [-0.39, 0.29) is 27.7 Å². The Morgan fingerprint density at radius 3 is 2.62 bits per heavy atom. The fraction of sp³-hybridized carbons (Fsp3) is 0.125. The summed E-state index contributed by atoms with van der Waals surface area (Å²) in [6.45, 7) is 0.898. The standard InChI is InChI=1S/C24H20N4O5S/c29-24(27-13-12-22-20(15-27)18-8-1-3-10-21(18)25-22)19-9-2-4-11-23(19)26-34(32,33)17-7-5-6-16(14-17)28(30)31/h1-11,14,25-26H,12-13,15H2. The minimum atomic E-state index is -4.15. The molecule has 0 saturated carbocycles. The Balaban J connectivity index is 1.44. The second-order valence-electron chi connectivity index (χ2n) is 8.01. The average Bonchev–Trinajstić information content (AvgIpc) is 3.22.